The Morgan fingerprint density at radius 3 is 2.39 bits per heavy atom. The SMILES string of the molecule is CC(C)(C)c1ccc(N(C(=O)C2CC(O)CN2C#N)C(C(=O)NCc2cccnc2)c2cccnc2)cc1. The molecule has 0 saturated carbocycles. The average Bonchev–Trinajstić information content (AvgIpc) is 3.31. The van der Waals surface area contributed by atoms with Gasteiger partial charge in [0.25, 0.3) is 5.91 Å². The summed E-state index contributed by atoms with van der Waals surface area (Å²) in [6.45, 7) is 6.58. The zero-order valence-corrected chi connectivity index (χ0v) is 21.8. The van der Waals surface area contributed by atoms with Crippen molar-refractivity contribution in [3.05, 3.63) is 90.0 Å². The highest BCUT2D eigenvalue weighted by Gasteiger charge is 2.42. The highest BCUT2D eigenvalue weighted by molar-refractivity contribution is 6.04. The van der Waals surface area contributed by atoms with Gasteiger partial charge in [-0.2, -0.15) is 5.26 Å². The first kappa shape index (κ1) is 26.8. The molecule has 1 aliphatic rings. The first-order valence-corrected chi connectivity index (χ1v) is 12.5. The zero-order chi connectivity index (χ0) is 27.3. The van der Waals surface area contributed by atoms with Gasteiger partial charge in [0.05, 0.1) is 12.6 Å². The third-order valence-electron chi connectivity index (χ3n) is 6.64. The van der Waals surface area contributed by atoms with Gasteiger partial charge in [-0.05, 0) is 40.8 Å². The van der Waals surface area contributed by atoms with Crippen molar-refractivity contribution in [3.63, 3.8) is 0 Å². The van der Waals surface area contributed by atoms with Crippen molar-refractivity contribution in [1.82, 2.24) is 20.2 Å². The average molecular weight is 513 g/mol. The van der Waals surface area contributed by atoms with Crippen LogP contribution in [-0.4, -0.2) is 50.5 Å². The predicted octanol–water partition coefficient (Wildman–Crippen LogP) is 3.08. The van der Waals surface area contributed by atoms with Gasteiger partial charge >= 0.3 is 0 Å². The van der Waals surface area contributed by atoms with Crippen LogP contribution in [0.4, 0.5) is 5.69 Å². The highest BCUT2D eigenvalue weighted by atomic mass is 16.3. The quantitative estimate of drug-likeness (QED) is 0.467. The molecule has 3 atom stereocenters. The van der Waals surface area contributed by atoms with Gasteiger partial charge in [0.15, 0.2) is 6.19 Å². The van der Waals surface area contributed by atoms with Crippen LogP contribution in [0.15, 0.2) is 73.3 Å². The number of aliphatic hydroxyl groups is 1. The molecule has 1 aromatic carbocycles. The summed E-state index contributed by atoms with van der Waals surface area (Å²) in [4.78, 5) is 39.0. The number of hydrogen-bond donors (Lipinski definition) is 2. The standard InChI is InChI=1S/C29H32N6O3/c1-29(2,3)22-8-10-23(11-9-22)35(28(38)25-14-24(36)18-34(25)19-30)26(21-7-5-13-32-17-21)27(37)33-16-20-6-4-12-31-15-20/h4-13,15,17,24-26,36H,14,16,18H2,1-3H3,(H,33,37). The Morgan fingerprint density at radius 2 is 1.82 bits per heavy atom. The lowest BCUT2D eigenvalue weighted by atomic mass is 9.87. The Balaban J connectivity index is 1.78. The number of carbonyl (C=O) groups excluding carboxylic acids is 2. The number of anilines is 1. The normalized spacial score (nSPS) is 17.9. The number of nitriles is 1. The molecule has 38 heavy (non-hydrogen) atoms. The Kier molecular flexibility index (Phi) is 8.03. The van der Waals surface area contributed by atoms with Crippen molar-refractivity contribution in [2.45, 2.75) is 57.3 Å². The van der Waals surface area contributed by atoms with Crippen LogP contribution in [0.1, 0.15) is 49.9 Å². The minimum absolute atomic E-state index is 0.0640. The summed E-state index contributed by atoms with van der Waals surface area (Å²) in [5.41, 5.74) is 2.80. The van der Waals surface area contributed by atoms with Crippen molar-refractivity contribution in [2.75, 3.05) is 11.4 Å². The maximum Gasteiger partial charge on any atom is 0.251 e. The van der Waals surface area contributed by atoms with Gasteiger partial charge in [-0.25, -0.2) is 0 Å². The number of aromatic nitrogens is 2. The van der Waals surface area contributed by atoms with Gasteiger partial charge in [-0.3, -0.25) is 29.4 Å². The molecular weight excluding hydrogens is 480 g/mol. The summed E-state index contributed by atoms with van der Waals surface area (Å²) >= 11 is 0. The molecule has 3 heterocycles. The van der Waals surface area contributed by atoms with Crippen molar-refractivity contribution < 1.29 is 14.7 Å². The summed E-state index contributed by atoms with van der Waals surface area (Å²) in [7, 11) is 0. The van der Waals surface area contributed by atoms with Gasteiger partial charge in [0.1, 0.15) is 12.1 Å². The van der Waals surface area contributed by atoms with Crippen LogP contribution in [0.3, 0.4) is 0 Å². The van der Waals surface area contributed by atoms with Crippen LogP contribution in [0.5, 0.6) is 0 Å². The molecule has 3 aromatic rings. The van der Waals surface area contributed by atoms with Gasteiger partial charge < -0.3 is 10.4 Å². The number of carbonyl (C=O) groups is 2. The maximum atomic E-state index is 14.1. The topological polar surface area (TPSA) is 122 Å². The van der Waals surface area contributed by atoms with Crippen molar-refractivity contribution in [2.24, 2.45) is 0 Å². The predicted molar refractivity (Wildman–Crippen MR) is 142 cm³/mol. The van der Waals surface area contributed by atoms with E-state index in [1.165, 1.54) is 9.80 Å². The van der Waals surface area contributed by atoms with E-state index in [2.05, 4.69) is 36.1 Å². The number of pyridine rings is 2. The molecule has 196 valence electrons. The molecule has 1 saturated heterocycles. The fourth-order valence-electron chi connectivity index (χ4n) is 4.59. The summed E-state index contributed by atoms with van der Waals surface area (Å²) in [6.07, 6.45) is 7.78. The number of aliphatic hydroxyl groups excluding tert-OH is 1. The van der Waals surface area contributed by atoms with Crippen LogP contribution >= 0.6 is 0 Å². The van der Waals surface area contributed by atoms with Crippen LogP contribution in [0.25, 0.3) is 0 Å². The Labute approximate surface area is 222 Å². The van der Waals surface area contributed by atoms with Crippen molar-refractivity contribution >= 4 is 17.5 Å². The lowest BCUT2D eigenvalue weighted by Crippen LogP contribution is -2.50. The van der Waals surface area contributed by atoms with Gasteiger partial charge in [0, 0.05) is 49.0 Å². The molecule has 3 unspecified atom stereocenters. The Hall–Kier alpha value is -4.29. The monoisotopic (exact) mass is 512 g/mol. The molecule has 0 radical (unpaired) electrons. The third kappa shape index (κ3) is 5.98. The van der Waals surface area contributed by atoms with Gasteiger partial charge in [0.2, 0.25) is 5.91 Å². The second-order valence-corrected chi connectivity index (χ2v) is 10.4. The van der Waals surface area contributed by atoms with Crippen molar-refractivity contribution in [1.29, 1.82) is 5.26 Å². The van der Waals surface area contributed by atoms with E-state index in [1.54, 1.807) is 43.0 Å². The second kappa shape index (κ2) is 11.4. The lowest BCUT2D eigenvalue weighted by Gasteiger charge is -2.34. The molecule has 9 nitrogen and oxygen atoms in total. The number of amides is 2. The molecule has 0 spiro atoms. The second-order valence-electron chi connectivity index (χ2n) is 10.4. The van der Waals surface area contributed by atoms with Crippen LogP contribution < -0.4 is 10.2 Å². The van der Waals surface area contributed by atoms with Crippen LogP contribution in [0, 0.1) is 11.5 Å². The molecule has 2 N–H and O–H groups in total. The number of β-amino-alcohol motifs (C(OH)–C–C–N with tert-alkyl or cyclic N) is 1. The largest absolute Gasteiger partial charge is 0.391 e. The van der Waals surface area contributed by atoms with Gasteiger partial charge in [-0.1, -0.05) is 45.0 Å². The number of likely N-dealkylation sites (tertiary alicyclic amines) is 1. The minimum Gasteiger partial charge on any atom is -0.391 e. The van der Waals surface area contributed by atoms with Crippen LogP contribution in [0.2, 0.25) is 0 Å². The van der Waals surface area contributed by atoms with E-state index in [-0.39, 0.29) is 24.9 Å². The lowest BCUT2D eigenvalue weighted by molar-refractivity contribution is -0.128. The fraction of sp³-hybridized carbons (Fsp3) is 0.345. The molecular formula is C29H32N6O3. The summed E-state index contributed by atoms with van der Waals surface area (Å²) in [5, 5.41) is 22.8. The van der Waals surface area contributed by atoms with Crippen LogP contribution in [-0.2, 0) is 21.5 Å². The summed E-state index contributed by atoms with van der Waals surface area (Å²) in [6, 6.07) is 12.6. The molecule has 0 bridgehead atoms. The van der Waals surface area contributed by atoms with E-state index in [4.69, 9.17) is 0 Å². The number of benzene rings is 1. The smallest absolute Gasteiger partial charge is 0.251 e. The van der Waals surface area contributed by atoms with E-state index in [1.807, 2.05) is 36.5 Å². The molecule has 2 aromatic heterocycles. The van der Waals surface area contributed by atoms with E-state index in [9.17, 15) is 20.0 Å². The molecule has 0 aliphatic carbocycles. The first-order valence-electron chi connectivity index (χ1n) is 12.5. The maximum absolute atomic E-state index is 14.1. The zero-order valence-electron chi connectivity index (χ0n) is 21.8. The van der Waals surface area contributed by atoms with E-state index < -0.39 is 30.0 Å². The van der Waals surface area contributed by atoms with Gasteiger partial charge in [-0.15, -0.1) is 0 Å². The van der Waals surface area contributed by atoms with E-state index in [0.717, 1.165) is 11.1 Å². The van der Waals surface area contributed by atoms with E-state index >= 15 is 0 Å². The number of nitrogens with zero attached hydrogens (tertiary/aromatic N) is 5. The third-order valence-corrected chi connectivity index (χ3v) is 6.64. The fourth-order valence-corrected chi connectivity index (χ4v) is 4.59. The Morgan fingerprint density at radius 1 is 1.13 bits per heavy atom. The minimum atomic E-state index is -1.06. The van der Waals surface area contributed by atoms with Crippen molar-refractivity contribution in [3.8, 4) is 6.19 Å². The molecule has 2 amide bonds. The molecule has 9 heteroatoms. The number of rotatable bonds is 7. The van der Waals surface area contributed by atoms with E-state index in [0.29, 0.717) is 11.3 Å². The number of nitrogens with one attached hydrogen (secondary N) is 1. The summed E-state index contributed by atoms with van der Waals surface area (Å²) < 4.78 is 0. The number of hydrogen-bond acceptors (Lipinski definition) is 7. The highest BCUT2D eigenvalue weighted by Crippen LogP contribution is 2.33. The molecule has 1 aliphatic heterocycles. The first-order chi connectivity index (χ1) is 18.2. The summed E-state index contributed by atoms with van der Waals surface area (Å²) in [5.74, 6) is -0.853. The Bertz CT molecular complexity index is 1290. The molecule has 4 rings (SSSR count). The molecule has 1 fully saturated rings.